The Hall–Kier alpha value is -2.67. The van der Waals surface area contributed by atoms with Crippen LogP contribution in [0.2, 0.25) is 0 Å². The van der Waals surface area contributed by atoms with Gasteiger partial charge in [-0.1, -0.05) is 48.5 Å². The zero-order valence-corrected chi connectivity index (χ0v) is 16.6. The lowest BCUT2D eigenvalue weighted by atomic mass is 10.1. The number of nitrogens with one attached hydrogen (secondary N) is 1. The van der Waals surface area contributed by atoms with Gasteiger partial charge in [0.25, 0.3) is 0 Å². The number of sulfonamides is 1. The maximum Gasteiger partial charge on any atom is 0.209 e. The first-order valence-corrected chi connectivity index (χ1v) is 10.3. The van der Waals surface area contributed by atoms with Gasteiger partial charge in [0.05, 0.1) is 22.5 Å². The van der Waals surface area contributed by atoms with Gasteiger partial charge in [-0.05, 0) is 36.2 Å². The van der Waals surface area contributed by atoms with Gasteiger partial charge in [0, 0.05) is 16.5 Å². The summed E-state index contributed by atoms with van der Waals surface area (Å²) < 4.78 is 22.2. The molecule has 0 aliphatic heterocycles. The largest absolute Gasteiger partial charge is 0.354 e. The van der Waals surface area contributed by atoms with Crippen LogP contribution in [0.15, 0.2) is 72.8 Å². The fraction of sp³-hybridized carbons (Fsp3) is 0.0952. The summed E-state index contributed by atoms with van der Waals surface area (Å²) in [5, 5.41) is 10.7. The second-order valence-electron chi connectivity index (χ2n) is 6.46. The zero-order chi connectivity index (χ0) is 18.9. The van der Waals surface area contributed by atoms with Gasteiger partial charge in [-0.25, -0.2) is 18.5 Å². The fourth-order valence-electron chi connectivity index (χ4n) is 3.13. The van der Waals surface area contributed by atoms with Crippen LogP contribution < -0.4 is 10.5 Å². The maximum absolute atomic E-state index is 11.1. The summed E-state index contributed by atoms with van der Waals surface area (Å²) in [5.41, 5.74) is 4.73. The molecule has 1 aromatic heterocycles. The molecule has 3 N–H and O–H groups in total. The van der Waals surface area contributed by atoms with Crippen molar-refractivity contribution in [3.05, 3.63) is 78.4 Å². The Bertz CT molecular complexity index is 1170. The number of rotatable bonds is 5. The van der Waals surface area contributed by atoms with Crippen LogP contribution >= 0.6 is 12.4 Å². The number of aromatic nitrogens is 1. The summed E-state index contributed by atoms with van der Waals surface area (Å²) in [5.74, 6) is -0.0561. The summed E-state index contributed by atoms with van der Waals surface area (Å²) in [6, 6.07) is 23.8. The molecule has 0 saturated carbocycles. The summed E-state index contributed by atoms with van der Waals surface area (Å²) in [7, 11) is -3.45. The first-order chi connectivity index (χ1) is 13.0. The van der Waals surface area contributed by atoms with Crippen LogP contribution in [0.25, 0.3) is 21.8 Å². The molecule has 0 atom stereocenters. The van der Waals surface area contributed by atoms with Crippen molar-refractivity contribution in [3.8, 4) is 0 Å². The topological polar surface area (TPSA) is 85.1 Å². The summed E-state index contributed by atoms with van der Waals surface area (Å²) in [4.78, 5) is 4.73. The monoisotopic (exact) mass is 413 g/mol. The number of halogens is 1. The molecule has 3 aromatic carbocycles. The summed E-state index contributed by atoms with van der Waals surface area (Å²) in [6.45, 7) is 0. The molecule has 144 valence electrons. The smallest absolute Gasteiger partial charge is 0.209 e. The highest BCUT2D eigenvalue weighted by Gasteiger charge is 2.09. The Kier molecular flexibility index (Phi) is 5.84. The van der Waals surface area contributed by atoms with Crippen LogP contribution in [0.3, 0.4) is 0 Å². The molecule has 28 heavy (non-hydrogen) atoms. The van der Waals surface area contributed by atoms with Crippen molar-refractivity contribution in [1.82, 2.24) is 4.98 Å². The van der Waals surface area contributed by atoms with Gasteiger partial charge < -0.3 is 5.32 Å². The second-order valence-corrected chi connectivity index (χ2v) is 8.19. The first-order valence-electron chi connectivity index (χ1n) is 8.63. The SMILES string of the molecule is Cl.NS(=O)(=O)CCc1ccc(Nc2c3ccccc3nc3ccccc23)cc1. The zero-order valence-electron chi connectivity index (χ0n) is 15.0. The van der Waals surface area contributed by atoms with E-state index in [9.17, 15) is 8.42 Å². The van der Waals surface area contributed by atoms with Gasteiger partial charge in [0.15, 0.2) is 0 Å². The van der Waals surface area contributed by atoms with E-state index in [0.717, 1.165) is 38.7 Å². The minimum atomic E-state index is -3.45. The predicted molar refractivity (Wildman–Crippen MR) is 118 cm³/mol. The van der Waals surface area contributed by atoms with E-state index in [0.29, 0.717) is 6.42 Å². The molecule has 0 saturated heterocycles. The third kappa shape index (κ3) is 4.42. The van der Waals surface area contributed by atoms with Gasteiger partial charge in [-0.2, -0.15) is 0 Å². The van der Waals surface area contributed by atoms with Crippen LogP contribution in [0.1, 0.15) is 5.56 Å². The van der Waals surface area contributed by atoms with Crippen molar-refractivity contribution in [2.24, 2.45) is 5.14 Å². The van der Waals surface area contributed by atoms with Crippen molar-refractivity contribution >= 4 is 55.6 Å². The van der Waals surface area contributed by atoms with E-state index >= 15 is 0 Å². The van der Waals surface area contributed by atoms with Crippen LogP contribution in [0.4, 0.5) is 11.4 Å². The molecule has 0 aliphatic rings. The molecule has 0 fully saturated rings. The number of hydrogen-bond donors (Lipinski definition) is 2. The van der Waals surface area contributed by atoms with Gasteiger partial charge in [-0.3, -0.25) is 0 Å². The minimum Gasteiger partial charge on any atom is -0.354 e. The van der Waals surface area contributed by atoms with Crippen molar-refractivity contribution in [2.75, 3.05) is 11.1 Å². The number of nitrogens with zero attached hydrogens (tertiary/aromatic N) is 1. The first kappa shape index (κ1) is 20.1. The molecule has 7 heteroatoms. The molecule has 0 radical (unpaired) electrons. The van der Waals surface area contributed by atoms with E-state index in [1.807, 2.05) is 60.7 Å². The highest BCUT2D eigenvalue weighted by Crippen LogP contribution is 2.32. The van der Waals surface area contributed by atoms with E-state index in [1.54, 1.807) is 0 Å². The Balaban J connectivity index is 0.00000225. The molecule has 4 aromatic rings. The van der Waals surface area contributed by atoms with Gasteiger partial charge in [0.2, 0.25) is 10.0 Å². The molecular weight excluding hydrogens is 394 g/mol. The van der Waals surface area contributed by atoms with Crippen LogP contribution in [0, 0.1) is 0 Å². The van der Waals surface area contributed by atoms with E-state index in [-0.39, 0.29) is 18.2 Å². The maximum atomic E-state index is 11.1. The number of fused-ring (bicyclic) bond motifs is 2. The average molecular weight is 414 g/mol. The lowest BCUT2D eigenvalue weighted by molar-refractivity contribution is 0.597. The van der Waals surface area contributed by atoms with E-state index < -0.39 is 10.0 Å². The minimum absolute atomic E-state index is 0. The predicted octanol–water partition coefficient (Wildman–Crippen LogP) is 4.38. The Labute approximate surface area is 170 Å². The Morgan fingerprint density at radius 2 is 1.36 bits per heavy atom. The number of pyridine rings is 1. The van der Waals surface area contributed by atoms with Crippen molar-refractivity contribution in [2.45, 2.75) is 6.42 Å². The second kappa shape index (κ2) is 8.14. The molecule has 1 heterocycles. The quantitative estimate of drug-likeness (QED) is 0.475. The number of primary sulfonamides is 1. The number of benzene rings is 3. The number of hydrogen-bond acceptors (Lipinski definition) is 4. The third-order valence-corrected chi connectivity index (χ3v) is 5.26. The molecule has 5 nitrogen and oxygen atoms in total. The lowest BCUT2D eigenvalue weighted by Crippen LogP contribution is -2.17. The number of aryl methyl sites for hydroxylation is 1. The highest BCUT2D eigenvalue weighted by molar-refractivity contribution is 7.89. The van der Waals surface area contributed by atoms with Crippen molar-refractivity contribution < 1.29 is 8.42 Å². The standard InChI is InChI=1S/C21H19N3O2S.ClH/c22-27(25,26)14-13-15-9-11-16(12-10-15)23-21-17-5-1-3-7-19(17)24-20-8-4-2-6-18(20)21;/h1-12H,13-14H2,(H,23,24)(H2,22,25,26);1H. The van der Waals surface area contributed by atoms with Gasteiger partial charge in [0.1, 0.15) is 0 Å². The van der Waals surface area contributed by atoms with Crippen molar-refractivity contribution in [1.29, 1.82) is 0 Å². The number of anilines is 2. The third-order valence-electron chi connectivity index (χ3n) is 4.49. The van der Waals surface area contributed by atoms with E-state index in [2.05, 4.69) is 17.4 Å². The van der Waals surface area contributed by atoms with E-state index in [1.165, 1.54) is 0 Å². The molecule has 0 unspecified atom stereocenters. The molecule has 0 amide bonds. The Morgan fingerprint density at radius 3 is 1.89 bits per heavy atom. The van der Waals surface area contributed by atoms with Gasteiger partial charge >= 0.3 is 0 Å². The van der Waals surface area contributed by atoms with Crippen LogP contribution in [-0.4, -0.2) is 19.2 Å². The average Bonchev–Trinajstić information content (AvgIpc) is 2.66. The Morgan fingerprint density at radius 1 is 0.821 bits per heavy atom. The molecular formula is C21H20ClN3O2S. The summed E-state index contributed by atoms with van der Waals surface area (Å²) >= 11 is 0. The lowest BCUT2D eigenvalue weighted by Gasteiger charge is -2.13. The van der Waals surface area contributed by atoms with Crippen LogP contribution in [-0.2, 0) is 16.4 Å². The molecule has 4 rings (SSSR count). The molecule has 0 bridgehead atoms. The highest BCUT2D eigenvalue weighted by atomic mass is 35.5. The van der Waals surface area contributed by atoms with E-state index in [4.69, 9.17) is 10.1 Å². The van der Waals surface area contributed by atoms with Gasteiger partial charge in [-0.15, -0.1) is 12.4 Å². The van der Waals surface area contributed by atoms with Crippen molar-refractivity contribution in [3.63, 3.8) is 0 Å². The number of nitrogens with two attached hydrogens (primary N) is 1. The number of para-hydroxylation sites is 2. The summed E-state index contributed by atoms with van der Waals surface area (Å²) in [6.07, 6.45) is 0.403. The normalized spacial score (nSPS) is 11.3. The van der Waals surface area contributed by atoms with Crippen LogP contribution in [0.5, 0.6) is 0 Å². The molecule has 0 aliphatic carbocycles. The molecule has 0 spiro atoms. The fourth-order valence-corrected chi connectivity index (χ4v) is 3.65.